The van der Waals surface area contributed by atoms with Gasteiger partial charge in [-0.1, -0.05) is 6.42 Å². The predicted octanol–water partition coefficient (Wildman–Crippen LogP) is 1.75. The number of hydrogen-bond donors (Lipinski definition) is 1. The zero-order valence-corrected chi connectivity index (χ0v) is 10.6. The fourth-order valence-electron chi connectivity index (χ4n) is 3.00. The first-order valence-corrected chi connectivity index (χ1v) is 6.41. The molecule has 2 atom stereocenters. The molecule has 2 aliphatic rings. The van der Waals surface area contributed by atoms with Gasteiger partial charge in [-0.3, -0.25) is 9.59 Å². The van der Waals surface area contributed by atoms with Gasteiger partial charge in [-0.25, -0.2) is 0 Å². The molecular formula is C13H21NO3. The minimum absolute atomic E-state index is 0.00630. The molecule has 1 saturated carbocycles. The lowest BCUT2D eigenvalue weighted by Gasteiger charge is -2.23. The fourth-order valence-corrected chi connectivity index (χ4v) is 3.00. The number of fused-ring (bicyclic) bond motifs is 1. The molecule has 0 bridgehead atoms. The molecule has 1 saturated heterocycles. The van der Waals surface area contributed by atoms with Crippen molar-refractivity contribution in [2.75, 3.05) is 13.1 Å². The molecule has 0 aromatic heterocycles. The Labute approximate surface area is 102 Å². The summed E-state index contributed by atoms with van der Waals surface area (Å²) in [5.41, 5.74) is -0.950. The van der Waals surface area contributed by atoms with Crippen molar-refractivity contribution in [1.29, 1.82) is 0 Å². The molecule has 2 rings (SSSR count). The average Bonchev–Trinajstić information content (AvgIpc) is 2.74. The van der Waals surface area contributed by atoms with Crippen LogP contribution >= 0.6 is 0 Å². The zero-order chi connectivity index (χ0) is 12.6. The van der Waals surface area contributed by atoms with Gasteiger partial charge in [0.25, 0.3) is 0 Å². The van der Waals surface area contributed by atoms with E-state index in [9.17, 15) is 9.59 Å². The summed E-state index contributed by atoms with van der Waals surface area (Å²) in [5, 5.41) is 9.02. The molecular weight excluding hydrogens is 218 g/mol. The van der Waals surface area contributed by atoms with Gasteiger partial charge in [0.05, 0.1) is 5.41 Å². The van der Waals surface area contributed by atoms with E-state index in [4.69, 9.17) is 5.11 Å². The number of nitrogens with zero attached hydrogens (tertiary/aromatic N) is 1. The van der Waals surface area contributed by atoms with Crippen molar-refractivity contribution >= 4 is 11.9 Å². The van der Waals surface area contributed by atoms with Crippen molar-refractivity contribution in [3.63, 3.8) is 0 Å². The minimum Gasteiger partial charge on any atom is -0.481 e. The van der Waals surface area contributed by atoms with Gasteiger partial charge in [0.1, 0.15) is 0 Å². The summed E-state index contributed by atoms with van der Waals surface area (Å²) in [6.07, 6.45) is 3.87. The van der Waals surface area contributed by atoms with Crippen LogP contribution < -0.4 is 0 Å². The Morgan fingerprint density at radius 3 is 2.24 bits per heavy atom. The SMILES string of the molecule is CC(C)(CC(=O)N1CC2CCCC2C1)C(=O)O. The molecule has 2 fully saturated rings. The Morgan fingerprint density at radius 2 is 1.76 bits per heavy atom. The van der Waals surface area contributed by atoms with Gasteiger partial charge in [0.15, 0.2) is 0 Å². The van der Waals surface area contributed by atoms with Crippen molar-refractivity contribution < 1.29 is 14.7 Å². The highest BCUT2D eigenvalue weighted by atomic mass is 16.4. The molecule has 2 unspecified atom stereocenters. The quantitative estimate of drug-likeness (QED) is 0.816. The zero-order valence-electron chi connectivity index (χ0n) is 10.6. The second kappa shape index (κ2) is 4.31. The second-order valence-corrected chi connectivity index (χ2v) is 6.12. The number of rotatable bonds is 3. The van der Waals surface area contributed by atoms with Gasteiger partial charge in [-0.2, -0.15) is 0 Å². The lowest BCUT2D eigenvalue weighted by molar-refractivity contribution is -0.151. The van der Waals surface area contributed by atoms with Crippen molar-refractivity contribution in [1.82, 2.24) is 4.90 Å². The van der Waals surface area contributed by atoms with E-state index in [1.165, 1.54) is 19.3 Å². The van der Waals surface area contributed by atoms with E-state index in [1.807, 2.05) is 4.90 Å². The summed E-state index contributed by atoms with van der Waals surface area (Å²) >= 11 is 0. The molecule has 1 N–H and O–H groups in total. The molecule has 1 amide bonds. The Balaban J connectivity index is 1.92. The maximum absolute atomic E-state index is 12.1. The smallest absolute Gasteiger partial charge is 0.309 e. The average molecular weight is 239 g/mol. The van der Waals surface area contributed by atoms with E-state index < -0.39 is 11.4 Å². The van der Waals surface area contributed by atoms with Crippen LogP contribution in [-0.2, 0) is 9.59 Å². The Kier molecular flexibility index (Phi) is 3.15. The van der Waals surface area contributed by atoms with Crippen LogP contribution in [0.1, 0.15) is 39.5 Å². The molecule has 1 aliphatic carbocycles. The first-order valence-electron chi connectivity index (χ1n) is 6.41. The van der Waals surface area contributed by atoms with Crippen LogP contribution in [-0.4, -0.2) is 35.0 Å². The van der Waals surface area contributed by atoms with Crippen molar-refractivity contribution in [3.8, 4) is 0 Å². The second-order valence-electron chi connectivity index (χ2n) is 6.12. The number of carbonyl (C=O) groups is 2. The summed E-state index contributed by atoms with van der Waals surface area (Å²) in [4.78, 5) is 24.9. The van der Waals surface area contributed by atoms with E-state index in [0.717, 1.165) is 13.1 Å². The highest BCUT2D eigenvalue weighted by molar-refractivity contribution is 5.84. The number of amides is 1. The van der Waals surface area contributed by atoms with Crippen molar-refractivity contribution in [2.45, 2.75) is 39.5 Å². The lowest BCUT2D eigenvalue weighted by atomic mass is 9.89. The van der Waals surface area contributed by atoms with Crippen LogP contribution in [0.2, 0.25) is 0 Å². The Bertz CT molecular complexity index is 326. The monoisotopic (exact) mass is 239 g/mol. The third-order valence-corrected chi connectivity index (χ3v) is 4.25. The molecule has 4 heteroatoms. The van der Waals surface area contributed by atoms with E-state index in [2.05, 4.69) is 0 Å². The number of hydrogen-bond acceptors (Lipinski definition) is 2. The largest absolute Gasteiger partial charge is 0.481 e. The van der Waals surface area contributed by atoms with E-state index in [1.54, 1.807) is 13.8 Å². The van der Waals surface area contributed by atoms with Crippen molar-refractivity contribution in [2.24, 2.45) is 17.3 Å². The Hall–Kier alpha value is -1.06. The molecule has 0 aromatic rings. The lowest BCUT2D eigenvalue weighted by Crippen LogP contribution is -2.36. The van der Waals surface area contributed by atoms with Crippen LogP contribution in [0, 0.1) is 17.3 Å². The number of likely N-dealkylation sites (tertiary alicyclic amines) is 1. The summed E-state index contributed by atoms with van der Waals surface area (Å²) in [5.74, 6) is 0.454. The van der Waals surface area contributed by atoms with Gasteiger partial charge < -0.3 is 10.0 Å². The van der Waals surface area contributed by atoms with Gasteiger partial charge in [-0.05, 0) is 38.5 Å². The predicted molar refractivity (Wildman–Crippen MR) is 63.4 cm³/mol. The minimum atomic E-state index is -0.950. The molecule has 1 heterocycles. The van der Waals surface area contributed by atoms with Crippen LogP contribution in [0.3, 0.4) is 0 Å². The van der Waals surface area contributed by atoms with Crippen LogP contribution in [0.4, 0.5) is 0 Å². The van der Waals surface area contributed by atoms with Crippen LogP contribution in [0.25, 0.3) is 0 Å². The highest BCUT2D eigenvalue weighted by Gasteiger charge is 2.40. The number of carbonyl (C=O) groups excluding carboxylic acids is 1. The van der Waals surface area contributed by atoms with E-state index in [0.29, 0.717) is 11.8 Å². The molecule has 1 aliphatic heterocycles. The number of carboxylic acid groups (broad SMARTS) is 1. The van der Waals surface area contributed by atoms with E-state index in [-0.39, 0.29) is 12.3 Å². The van der Waals surface area contributed by atoms with E-state index >= 15 is 0 Å². The third-order valence-electron chi connectivity index (χ3n) is 4.25. The topological polar surface area (TPSA) is 57.6 Å². The highest BCUT2D eigenvalue weighted by Crippen LogP contribution is 2.38. The molecule has 0 radical (unpaired) electrons. The van der Waals surface area contributed by atoms with Gasteiger partial charge >= 0.3 is 5.97 Å². The first kappa shape index (κ1) is 12.4. The molecule has 0 aromatic carbocycles. The summed E-state index contributed by atoms with van der Waals surface area (Å²) < 4.78 is 0. The molecule has 0 spiro atoms. The van der Waals surface area contributed by atoms with Crippen LogP contribution in [0.5, 0.6) is 0 Å². The first-order chi connectivity index (χ1) is 7.90. The summed E-state index contributed by atoms with van der Waals surface area (Å²) in [7, 11) is 0. The maximum Gasteiger partial charge on any atom is 0.309 e. The number of aliphatic carboxylic acids is 1. The standard InChI is InChI=1S/C13H21NO3/c1-13(2,12(16)17)6-11(15)14-7-9-4-3-5-10(9)8-14/h9-10H,3-8H2,1-2H3,(H,16,17). The molecule has 17 heavy (non-hydrogen) atoms. The molecule has 4 nitrogen and oxygen atoms in total. The fraction of sp³-hybridized carbons (Fsp3) is 0.846. The van der Waals surface area contributed by atoms with Crippen LogP contribution in [0.15, 0.2) is 0 Å². The summed E-state index contributed by atoms with van der Waals surface area (Å²) in [6, 6.07) is 0. The number of carboxylic acids is 1. The normalized spacial score (nSPS) is 28.2. The Morgan fingerprint density at radius 1 is 1.24 bits per heavy atom. The summed E-state index contributed by atoms with van der Waals surface area (Å²) in [6.45, 7) is 4.92. The van der Waals surface area contributed by atoms with Gasteiger partial charge in [-0.15, -0.1) is 0 Å². The maximum atomic E-state index is 12.1. The third kappa shape index (κ3) is 2.45. The molecule has 96 valence electrons. The van der Waals surface area contributed by atoms with Gasteiger partial charge in [0, 0.05) is 19.5 Å². The van der Waals surface area contributed by atoms with Crippen molar-refractivity contribution in [3.05, 3.63) is 0 Å². The van der Waals surface area contributed by atoms with Gasteiger partial charge in [0.2, 0.25) is 5.91 Å².